The van der Waals surface area contributed by atoms with E-state index < -0.39 is 0 Å². The number of nitrogens with two attached hydrogens (primary N) is 1. The first kappa shape index (κ1) is 12.3. The minimum Gasteiger partial charge on any atom is -0.399 e. The molecule has 1 heterocycles. The first-order chi connectivity index (χ1) is 9.17. The number of aromatic nitrogens is 1. The zero-order chi connectivity index (χ0) is 13.4. The van der Waals surface area contributed by atoms with E-state index in [1.165, 1.54) is 23.9 Å². The van der Waals surface area contributed by atoms with Gasteiger partial charge in [-0.1, -0.05) is 0 Å². The zero-order valence-corrected chi connectivity index (χ0v) is 11.7. The van der Waals surface area contributed by atoms with Gasteiger partial charge in [0.1, 0.15) is 0 Å². The molecule has 1 aromatic heterocycles. The Morgan fingerprint density at radius 1 is 1.32 bits per heavy atom. The van der Waals surface area contributed by atoms with E-state index in [9.17, 15) is 0 Å². The van der Waals surface area contributed by atoms with Gasteiger partial charge in [-0.05, 0) is 56.9 Å². The predicted molar refractivity (Wildman–Crippen MR) is 81.5 cm³/mol. The lowest BCUT2D eigenvalue weighted by Gasteiger charge is -2.25. The number of hydrogen-bond acceptors (Lipinski definition) is 3. The Morgan fingerprint density at radius 2 is 2.11 bits per heavy atom. The molecule has 1 fully saturated rings. The topological polar surface area (TPSA) is 42.2 Å². The number of nitrogens with zero attached hydrogens (tertiary/aromatic N) is 2. The third kappa shape index (κ3) is 2.50. The van der Waals surface area contributed by atoms with E-state index in [0.717, 1.165) is 35.9 Å². The molecule has 0 atom stereocenters. The van der Waals surface area contributed by atoms with Crippen molar-refractivity contribution in [1.29, 1.82) is 0 Å². The lowest BCUT2D eigenvalue weighted by molar-refractivity contribution is 0.743. The van der Waals surface area contributed by atoms with Gasteiger partial charge in [0, 0.05) is 35.5 Å². The maximum atomic E-state index is 5.94. The maximum Gasteiger partial charge on any atom is 0.0727 e. The first-order valence-electron chi connectivity index (χ1n) is 7.09. The molecule has 1 aliphatic rings. The van der Waals surface area contributed by atoms with Crippen molar-refractivity contribution in [3.8, 4) is 0 Å². The standard InChI is InChI=1S/C16H21N3/c1-3-19(10-12-4-5-12)16-8-11(2)18-15-7-6-13(17)9-14(15)16/h6-9,12H,3-5,10,17H2,1-2H3. The minimum atomic E-state index is 0.807. The summed E-state index contributed by atoms with van der Waals surface area (Å²) in [5.41, 5.74) is 10.1. The Kier molecular flexibility index (Phi) is 3.05. The quantitative estimate of drug-likeness (QED) is 0.852. The number of nitrogen functional groups attached to an aromatic ring is 1. The van der Waals surface area contributed by atoms with Gasteiger partial charge in [0.05, 0.1) is 5.52 Å². The van der Waals surface area contributed by atoms with Crippen molar-refractivity contribution >= 4 is 22.3 Å². The Balaban J connectivity index is 2.10. The van der Waals surface area contributed by atoms with Crippen molar-refractivity contribution in [2.24, 2.45) is 5.92 Å². The van der Waals surface area contributed by atoms with Crippen LogP contribution in [0.5, 0.6) is 0 Å². The maximum absolute atomic E-state index is 5.94. The number of rotatable bonds is 4. The number of fused-ring (bicyclic) bond motifs is 1. The van der Waals surface area contributed by atoms with Crippen LogP contribution in [0.15, 0.2) is 24.3 Å². The summed E-state index contributed by atoms with van der Waals surface area (Å²) < 4.78 is 0. The average molecular weight is 255 g/mol. The molecule has 2 N–H and O–H groups in total. The fraction of sp³-hybridized carbons (Fsp3) is 0.438. The van der Waals surface area contributed by atoms with Crippen LogP contribution in [0, 0.1) is 12.8 Å². The number of aryl methyl sites for hydroxylation is 1. The smallest absolute Gasteiger partial charge is 0.0727 e. The summed E-state index contributed by atoms with van der Waals surface area (Å²) in [6.45, 7) is 6.47. The molecule has 19 heavy (non-hydrogen) atoms. The van der Waals surface area contributed by atoms with Crippen LogP contribution in [-0.4, -0.2) is 18.1 Å². The highest BCUT2D eigenvalue weighted by atomic mass is 15.1. The highest BCUT2D eigenvalue weighted by Crippen LogP contribution is 2.34. The van der Waals surface area contributed by atoms with Crippen molar-refractivity contribution in [2.45, 2.75) is 26.7 Å². The lowest BCUT2D eigenvalue weighted by atomic mass is 10.1. The second kappa shape index (κ2) is 4.72. The second-order valence-electron chi connectivity index (χ2n) is 5.54. The molecule has 3 heteroatoms. The Labute approximate surface area is 114 Å². The molecule has 1 aromatic carbocycles. The molecule has 0 bridgehead atoms. The molecule has 1 saturated carbocycles. The van der Waals surface area contributed by atoms with E-state index in [0.29, 0.717) is 0 Å². The summed E-state index contributed by atoms with van der Waals surface area (Å²) in [4.78, 5) is 7.07. The van der Waals surface area contributed by atoms with Gasteiger partial charge in [0.15, 0.2) is 0 Å². The number of anilines is 2. The van der Waals surface area contributed by atoms with Gasteiger partial charge in [0.2, 0.25) is 0 Å². The highest BCUT2D eigenvalue weighted by molar-refractivity contribution is 5.94. The van der Waals surface area contributed by atoms with E-state index in [1.807, 2.05) is 18.2 Å². The van der Waals surface area contributed by atoms with Crippen LogP contribution in [-0.2, 0) is 0 Å². The van der Waals surface area contributed by atoms with Gasteiger partial charge in [-0.25, -0.2) is 0 Å². The molecule has 0 saturated heterocycles. The highest BCUT2D eigenvalue weighted by Gasteiger charge is 2.24. The SMILES string of the molecule is CCN(CC1CC1)c1cc(C)nc2ccc(N)cc12. The summed E-state index contributed by atoms with van der Waals surface area (Å²) in [5, 5.41) is 1.17. The molecule has 0 unspecified atom stereocenters. The molecule has 0 amide bonds. The molecular weight excluding hydrogens is 234 g/mol. The van der Waals surface area contributed by atoms with Crippen molar-refractivity contribution in [3.63, 3.8) is 0 Å². The van der Waals surface area contributed by atoms with Crippen LogP contribution < -0.4 is 10.6 Å². The fourth-order valence-electron chi connectivity index (χ4n) is 2.63. The normalized spacial score (nSPS) is 14.8. The number of benzene rings is 1. The third-order valence-corrected chi connectivity index (χ3v) is 3.84. The van der Waals surface area contributed by atoms with Gasteiger partial charge in [0.25, 0.3) is 0 Å². The molecule has 3 rings (SSSR count). The number of pyridine rings is 1. The molecule has 0 aliphatic heterocycles. The monoisotopic (exact) mass is 255 g/mol. The molecule has 100 valence electrons. The van der Waals surface area contributed by atoms with Crippen molar-refractivity contribution in [2.75, 3.05) is 23.7 Å². The van der Waals surface area contributed by atoms with Crippen molar-refractivity contribution in [1.82, 2.24) is 4.98 Å². The summed E-state index contributed by atoms with van der Waals surface area (Å²) in [7, 11) is 0. The third-order valence-electron chi connectivity index (χ3n) is 3.84. The Hall–Kier alpha value is -1.77. The van der Waals surface area contributed by atoms with Gasteiger partial charge in [-0.2, -0.15) is 0 Å². The van der Waals surface area contributed by atoms with E-state index >= 15 is 0 Å². The number of hydrogen-bond donors (Lipinski definition) is 1. The summed E-state index contributed by atoms with van der Waals surface area (Å²) in [5.74, 6) is 0.879. The van der Waals surface area contributed by atoms with E-state index in [4.69, 9.17) is 5.73 Å². The van der Waals surface area contributed by atoms with Crippen LogP contribution in [0.4, 0.5) is 11.4 Å². The molecular formula is C16H21N3. The Morgan fingerprint density at radius 3 is 2.79 bits per heavy atom. The second-order valence-corrected chi connectivity index (χ2v) is 5.54. The molecule has 0 radical (unpaired) electrons. The first-order valence-corrected chi connectivity index (χ1v) is 7.09. The summed E-state index contributed by atoms with van der Waals surface area (Å²) >= 11 is 0. The van der Waals surface area contributed by atoms with Gasteiger partial charge >= 0.3 is 0 Å². The minimum absolute atomic E-state index is 0.807. The zero-order valence-electron chi connectivity index (χ0n) is 11.7. The van der Waals surface area contributed by atoms with Crippen molar-refractivity contribution < 1.29 is 0 Å². The largest absolute Gasteiger partial charge is 0.399 e. The summed E-state index contributed by atoms with van der Waals surface area (Å²) in [6.07, 6.45) is 2.75. The predicted octanol–water partition coefficient (Wildman–Crippen LogP) is 3.36. The van der Waals surface area contributed by atoms with Crippen LogP contribution in [0.1, 0.15) is 25.5 Å². The molecule has 0 spiro atoms. The van der Waals surface area contributed by atoms with E-state index in [1.54, 1.807) is 0 Å². The van der Waals surface area contributed by atoms with Crippen LogP contribution in [0.25, 0.3) is 10.9 Å². The van der Waals surface area contributed by atoms with Gasteiger partial charge < -0.3 is 10.6 Å². The van der Waals surface area contributed by atoms with E-state index in [2.05, 4.69) is 29.8 Å². The Bertz CT molecular complexity index is 602. The summed E-state index contributed by atoms with van der Waals surface area (Å²) in [6, 6.07) is 8.18. The van der Waals surface area contributed by atoms with Crippen LogP contribution >= 0.6 is 0 Å². The molecule has 3 nitrogen and oxygen atoms in total. The molecule has 1 aliphatic carbocycles. The van der Waals surface area contributed by atoms with Crippen LogP contribution in [0.3, 0.4) is 0 Å². The van der Waals surface area contributed by atoms with Gasteiger partial charge in [-0.3, -0.25) is 4.98 Å². The van der Waals surface area contributed by atoms with E-state index in [-0.39, 0.29) is 0 Å². The average Bonchev–Trinajstić information content (AvgIpc) is 3.20. The van der Waals surface area contributed by atoms with Crippen molar-refractivity contribution in [3.05, 3.63) is 30.0 Å². The fourth-order valence-corrected chi connectivity index (χ4v) is 2.63. The van der Waals surface area contributed by atoms with Gasteiger partial charge in [-0.15, -0.1) is 0 Å². The molecule has 2 aromatic rings. The van der Waals surface area contributed by atoms with Crippen LogP contribution in [0.2, 0.25) is 0 Å². The lowest BCUT2D eigenvalue weighted by Crippen LogP contribution is -2.25.